The molecule has 1 aliphatic rings. The summed E-state index contributed by atoms with van der Waals surface area (Å²) in [6.07, 6.45) is -2.56. The maximum Gasteiger partial charge on any atom is 0.416 e. The van der Waals surface area contributed by atoms with Crippen molar-refractivity contribution in [3.05, 3.63) is 65.5 Å². The first-order valence-corrected chi connectivity index (χ1v) is 8.24. The minimum Gasteiger partial charge on any atom is -0.342 e. The normalized spacial score (nSPS) is 14.2. The molecule has 0 radical (unpaired) electrons. The summed E-state index contributed by atoms with van der Waals surface area (Å²) in [5.41, 5.74) is 0.0222. The Balaban J connectivity index is 1.75. The summed E-state index contributed by atoms with van der Waals surface area (Å²) in [6, 6.07) is 11.5. The molecule has 2 aromatic carbocycles. The number of anilines is 1. The highest BCUT2D eigenvalue weighted by atomic mass is 32.1. The zero-order chi connectivity index (χ0) is 18.0. The largest absolute Gasteiger partial charge is 0.416 e. The molecule has 25 heavy (non-hydrogen) atoms. The lowest BCUT2D eigenvalue weighted by atomic mass is 10.2. The van der Waals surface area contributed by atoms with E-state index in [9.17, 15) is 17.6 Å². The molecule has 1 aliphatic carbocycles. The molecular formula is C18H16F4N2S. The molecule has 0 spiro atoms. The standard InChI is InChI=1S/C18H16F4N2S/c19-16-7-2-1-4-12(16)11-24(15-8-9-15)17(25)23-14-6-3-5-13(10-14)18(20,21)22/h1-7,10,15H,8-9,11H2,(H,23,25). The summed E-state index contributed by atoms with van der Waals surface area (Å²) >= 11 is 5.36. The Labute approximate surface area is 148 Å². The average molecular weight is 368 g/mol. The first kappa shape index (κ1) is 17.7. The lowest BCUT2D eigenvalue weighted by molar-refractivity contribution is -0.137. The molecule has 0 heterocycles. The Kier molecular flexibility index (Phi) is 4.94. The molecule has 1 N–H and O–H groups in total. The predicted molar refractivity (Wildman–Crippen MR) is 92.6 cm³/mol. The monoisotopic (exact) mass is 368 g/mol. The Hall–Kier alpha value is -2.15. The number of nitrogens with one attached hydrogen (secondary N) is 1. The molecule has 2 aromatic rings. The van der Waals surface area contributed by atoms with Crippen LogP contribution in [-0.4, -0.2) is 16.1 Å². The van der Waals surface area contributed by atoms with Gasteiger partial charge in [-0.15, -0.1) is 0 Å². The summed E-state index contributed by atoms with van der Waals surface area (Å²) in [5.74, 6) is -0.324. The SMILES string of the molecule is Fc1ccccc1CN(C(=S)Nc1cccc(C(F)(F)F)c1)C1CC1. The van der Waals surface area contributed by atoms with Gasteiger partial charge in [0.1, 0.15) is 5.82 Å². The highest BCUT2D eigenvalue weighted by molar-refractivity contribution is 7.80. The molecule has 0 aromatic heterocycles. The number of halogens is 4. The van der Waals surface area contributed by atoms with Crippen molar-refractivity contribution in [1.82, 2.24) is 4.90 Å². The molecule has 3 rings (SSSR count). The highest BCUT2D eigenvalue weighted by Gasteiger charge is 2.32. The third-order valence-corrected chi connectivity index (χ3v) is 4.32. The summed E-state index contributed by atoms with van der Waals surface area (Å²) in [7, 11) is 0. The molecule has 7 heteroatoms. The first-order chi connectivity index (χ1) is 11.8. The second-order valence-corrected chi connectivity index (χ2v) is 6.35. The molecule has 0 atom stereocenters. The van der Waals surface area contributed by atoms with E-state index in [2.05, 4.69) is 5.32 Å². The predicted octanol–water partition coefficient (Wildman–Crippen LogP) is 5.21. The Morgan fingerprint density at radius 3 is 2.48 bits per heavy atom. The number of benzene rings is 2. The number of hydrogen-bond donors (Lipinski definition) is 1. The number of rotatable bonds is 4. The summed E-state index contributed by atoms with van der Waals surface area (Å²) < 4.78 is 52.4. The van der Waals surface area contributed by atoms with Crippen LogP contribution in [0.4, 0.5) is 23.2 Å². The summed E-state index contributed by atoms with van der Waals surface area (Å²) in [5, 5.41) is 3.15. The Bertz CT molecular complexity index is 772. The topological polar surface area (TPSA) is 15.3 Å². The van der Waals surface area contributed by atoms with Crippen molar-refractivity contribution < 1.29 is 17.6 Å². The van der Waals surface area contributed by atoms with Crippen LogP contribution in [0.25, 0.3) is 0 Å². The fourth-order valence-electron chi connectivity index (χ4n) is 2.53. The lowest BCUT2D eigenvalue weighted by Gasteiger charge is -2.26. The van der Waals surface area contributed by atoms with Gasteiger partial charge >= 0.3 is 6.18 Å². The Morgan fingerprint density at radius 2 is 1.84 bits per heavy atom. The van der Waals surface area contributed by atoms with Crippen LogP contribution in [0.3, 0.4) is 0 Å². The fourth-order valence-corrected chi connectivity index (χ4v) is 2.86. The smallest absolute Gasteiger partial charge is 0.342 e. The van der Waals surface area contributed by atoms with Gasteiger partial charge in [0.25, 0.3) is 0 Å². The number of hydrogen-bond acceptors (Lipinski definition) is 1. The van der Waals surface area contributed by atoms with Gasteiger partial charge in [0.2, 0.25) is 0 Å². The van der Waals surface area contributed by atoms with Gasteiger partial charge in [-0.25, -0.2) is 4.39 Å². The van der Waals surface area contributed by atoms with Gasteiger partial charge in [-0.1, -0.05) is 24.3 Å². The molecule has 0 bridgehead atoms. The minimum atomic E-state index is -4.41. The van der Waals surface area contributed by atoms with E-state index in [0.29, 0.717) is 10.7 Å². The molecule has 0 saturated heterocycles. The van der Waals surface area contributed by atoms with Crippen LogP contribution >= 0.6 is 12.2 Å². The van der Waals surface area contributed by atoms with E-state index in [1.54, 1.807) is 18.2 Å². The summed E-state index contributed by atoms with van der Waals surface area (Å²) in [6.45, 7) is 0.280. The van der Waals surface area contributed by atoms with Crippen molar-refractivity contribution in [3.8, 4) is 0 Å². The molecule has 0 amide bonds. The van der Waals surface area contributed by atoms with Crippen molar-refractivity contribution >= 4 is 23.0 Å². The number of alkyl halides is 3. The van der Waals surface area contributed by atoms with Gasteiger partial charge < -0.3 is 10.2 Å². The zero-order valence-electron chi connectivity index (χ0n) is 13.2. The van der Waals surface area contributed by atoms with Gasteiger partial charge in [-0.3, -0.25) is 0 Å². The van der Waals surface area contributed by atoms with E-state index >= 15 is 0 Å². The minimum absolute atomic E-state index is 0.186. The van der Waals surface area contributed by atoms with E-state index in [4.69, 9.17) is 12.2 Å². The van der Waals surface area contributed by atoms with E-state index in [1.165, 1.54) is 18.2 Å². The van der Waals surface area contributed by atoms with Gasteiger partial charge in [0.05, 0.1) is 5.56 Å². The maximum atomic E-state index is 13.9. The molecule has 2 nitrogen and oxygen atoms in total. The molecule has 0 unspecified atom stereocenters. The molecular weight excluding hydrogens is 352 g/mol. The third-order valence-electron chi connectivity index (χ3n) is 3.99. The lowest BCUT2D eigenvalue weighted by Crippen LogP contribution is -2.36. The zero-order valence-corrected chi connectivity index (χ0v) is 14.0. The fraction of sp³-hybridized carbons (Fsp3) is 0.278. The van der Waals surface area contributed by atoms with E-state index in [1.807, 2.05) is 4.90 Å². The van der Waals surface area contributed by atoms with Gasteiger partial charge in [0, 0.05) is 23.8 Å². The van der Waals surface area contributed by atoms with E-state index < -0.39 is 11.7 Å². The third kappa shape index (κ3) is 4.48. The van der Waals surface area contributed by atoms with Crippen LogP contribution in [0.2, 0.25) is 0 Å². The molecule has 0 aliphatic heterocycles. The number of nitrogens with zero attached hydrogens (tertiary/aromatic N) is 1. The second kappa shape index (κ2) is 7.00. The van der Waals surface area contributed by atoms with Crippen LogP contribution in [0.5, 0.6) is 0 Å². The van der Waals surface area contributed by atoms with Crippen LogP contribution in [0.15, 0.2) is 48.5 Å². The van der Waals surface area contributed by atoms with E-state index in [-0.39, 0.29) is 24.1 Å². The molecule has 1 saturated carbocycles. The van der Waals surface area contributed by atoms with E-state index in [0.717, 1.165) is 25.0 Å². The second-order valence-electron chi connectivity index (χ2n) is 5.96. The highest BCUT2D eigenvalue weighted by Crippen LogP contribution is 2.32. The van der Waals surface area contributed by atoms with Gasteiger partial charge in [0.15, 0.2) is 5.11 Å². The van der Waals surface area contributed by atoms with Crippen molar-refractivity contribution in [3.63, 3.8) is 0 Å². The maximum absolute atomic E-state index is 13.9. The first-order valence-electron chi connectivity index (χ1n) is 7.83. The average Bonchev–Trinajstić information content (AvgIpc) is 3.38. The Morgan fingerprint density at radius 1 is 1.12 bits per heavy atom. The van der Waals surface area contributed by atoms with Crippen LogP contribution in [0.1, 0.15) is 24.0 Å². The van der Waals surface area contributed by atoms with Crippen molar-refractivity contribution in [2.24, 2.45) is 0 Å². The van der Waals surface area contributed by atoms with Gasteiger partial charge in [-0.05, 0) is 49.3 Å². The van der Waals surface area contributed by atoms with Crippen LogP contribution in [0, 0.1) is 5.82 Å². The quantitative estimate of drug-likeness (QED) is 0.589. The summed E-state index contributed by atoms with van der Waals surface area (Å²) in [4.78, 5) is 1.83. The van der Waals surface area contributed by atoms with Crippen LogP contribution in [-0.2, 0) is 12.7 Å². The van der Waals surface area contributed by atoms with Crippen molar-refractivity contribution in [1.29, 1.82) is 0 Å². The van der Waals surface area contributed by atoms with Crippen molar-refractivity contribution in [2.75, 3.05) is 5.32 Å². The van der Waals surface area contributed by atoms with Crippen molar-refractivity contribution in [2.45, 2.75) is 31.6 Å². The number of thiocarbonyl (C=S) groups is 1. The van der Waals surface area contributed by atoms with Crippen LogP contribution < -0.4 is 5.32 Å². The van der Waals surface area contributed by atoms with Gasteiger partial charge in [-0.2, -0.15) is 13.2 Å². The molecule has 1 fully saturated rings. The molecule has 132 valence electrons.